The highest BCUT2D eigenvalue weighted by Gasteiger charge is 2.34. The van der Waals surface area contributed by atoms with E-state index >= 15 is 0 Å². The molecule has 0 spiro atoms. The van der Waals surface area contributed by atoms with Crippen molar-refractivity contribution in [3.63, 3.8) is 0 Å². The predicted octanol–water partition coefficient (Wildman–Crippen LogP) is 3.32. The van der Waals surface area contributed by atoms with E-state index in [0.717, 1.165) is 17.6 Å². The summed E-state index contributed by atoms with van der Waals surface area (Å²) in [5, 5.41) is 0.883. The maximum Gasteiger partial charge on any atom is 0.0455 e. The van der Waals surface area contributed by atoms with Crippen LogP contribution in [-0.4, -0.2) is 36.6 Å². The fourth-order valence-corrected chi connectivity index (χ4v) is 3.60. The second kappa shape index (κ2) is 4.75. The van der Waals surface area contributed by atoms with E-state index in [-0.39, 0.29) is 0 Å². The Morgan fingerprint density at radius 1 is 1.28 bits per heavy atom. The van der Waals surface area contributed by atoms with Crippen LogP contribution in [0.4, 0.5) is 5.69 Å². The number of nitrogens with zero attached hydrogens (tertiary/aromatic N) is 2. The molecule has 0 radical (unpaired) electrons. The number of piperazine rings is 1. The summed E-state index contributed by atoms with van der Waals surface area (Å²) in [6.45, 7) is 8.09. The number of halogens is 1. The summed E-state index contributed by atoms with van der Waals surface area (Å²) in [5.74, 6) is 0. The lowest BCUT2D eigenvalue weighted by Crippen LogP contribution is -2.55. The maximum absolute atomic E-state index is 6.25. The molecule has 0 bridgehead atoms. The molecule has 3 rings (SSSR count). The molecule has 1 aromatic rings. The van der Waals surface area contributed by atoms with Crippen LogP contribution in [0.15, 0.2) is 18.2 Å². The quantitative estimate of drug-likeness (QED) is 0.768. The van der Waals surface area contributed by atoms with Gasteiger partial charge >= 0.3 is 0 Å². The lowest BCUT2D eigenvalue weighted by Gasteiger charge is -2.44. The molecule has 0 amide bonds. The highest BCUT2D eigenvalue weighted by molar-refractivity contribution is 6.31. The molecule has 1 aromatic carbocycles. The van der Waals surface area contributed by atoms with E-state index < -0.39 is 0 Å². The highest BCUT2D eigenvalue weighted by Crippen LogP contribution is 2.32. The van der Waals surface area contributed by atoms with E-state index in [1.165, 1.54) is 37.2 Å². The minimum Gasteiger partial charge on any atom is -0.366 e. The summed E-state index contributed by atoms with van der Waals surface area (Å²) >= 11 is 6.25. The molecule has 3 heteroatoms. The van der Waals surface area contributed by atoms with Gasteiger partial charge in [-0.2, -0.15) is 0 Å². The molecule has 2 heterocycles. The fourth-order valence-electron chi connectivity index (χ4n) is 3.43. The van der Waals surface area contributed by atoms with E-state index in [1.54, 1.807) is 0 Å². The Bertz CT molecular complexity index is 446. The summed E-state index contributed by atoms with van der Waals surface area (Å²) in [6.07, 6.45) is 2.71. The summed E-state index contributed by atoms with van der Waals surface area (Å²) < 4.78 is 0. The molecule has 2 atom stereocenters. The second-order valence-corrected chi connectivity index (χ2v) is 6.08. The largest absolute Gasteiger partial charge is 0.366 e. The first-order valence-corrected chi connectivity index (χ1v) is 7.30. The fraction of sp³-hybridized carbons (Fsp3) is 0.600. The summed E-state index contributed by atoms with van der Waals surface area (Å²) in [6, 6.07) is 7.59. The van der Waals surface area contributed by atoms with Crippen molar-refractivity contribution >= 4 is 17.3 Å². The van der Waals surface area contributed by atoms with Gasteiger partial charge in [0.1, 0.15) is 0 Å². The van der Waals surface area contributed by atoms with Crippen LogP contribution in [0.5, 0.6) is 0 Å². The molecule has 98 valence electrons. The first-order chi connectivity index (χ1) is 8.66. The number of fused-ring (bicyclic) bond motifs is 1. The zero-order valence-corrected chi connectivity index (χ0v) is 12.0. The smallest absolute Gasteiger partial charge is 0.0455 e. The molecular formula is C15H21ClN2. The van der Waals surface area contributed by atoms with Crippen molar-refractivity contribution in [2.75, 3.05) is 24.5 Å². The molecule has 2 aliphatic rings. The molecule has 2 aliphatic heterocycles. The minimum absolute atomic E-state index is 0.580. The van der Waals surface area contributed by atoms with Gasteiger partial charge in [0.15, 0.2) is 0 Å². The Labute approximate surface area is 115 Å². The van der Waals surface area contributed by atoms with Crippen molar-refractivity contribution in [1.82, 2.24) is 4.90 Å². The standard InChI is InChI=1S/C15H21ClN2/c1-11-9-17-8-4-5-13(17)10-18(11)15-7-3-6-14(16)12(15)2/h3,6-7,11,13H,4-5,8-10H2,1-2H3. The molecule has 18 heavy (non-hydrogen) atoms. The number of hydrogen-bond donors (Lipinski definition) is 0. The Morgan fingerprint density at radius 3 is 2.94 bits per heavy atom. The molecule has 2 saturated heterocycles. The second-order valence-electron chi connectivity index (χ2n) is 5.68. The van der Waals surface area contributed by atoms with Crippen LogP contribution in [-0.2, 0) is 0 Å². The van der Waals surface area contributed by atoms with Crippen molar-refractivity contribution in [2.45, 2.75) is 38.8 Å². The average Bonchev–Trinajstić information content (AvgIpc) is 2.79. The zero-order valence-electron chi connectivity index (χ0n) is 11.2. The Morgan fingerprint density at radius 2 is 2.11 bits per heavy atom. The number of hydrogen-bond acceptors (Lipinski definition) is 2. The van der Waals surface area contributed by atoms with E-state index in [9.17, 15) is 0 Å². The third-order valence-corrected chi connectivity index (χ3v) is 4.90. The van der Waals surface area contributed by atoms with Gasteiger partial charge in [0, 0.05) is 35.9 Å². The van der Waals surface area contributed by atoms with Gasteiger partial charge in [0.05, 0.1) is 0 Å². The van der Waals surface area contributed by atoms with Crippen LogP contribution >= 0.6 is 11.6 Å². The Kier molecular flexibility index (Phi) is 3.25. The number of anilines is 1. The highest BCUT2D eigenvalue weighted by atomic mass is 35.5. The van der Waals surface area contributed by atoms with E-state index in [0.29, 0.717) is 6.04 Å². The number of benzene rings is 1. The zero-order chi connectivity index (χ0) is 12.7. The van der Waals surface area contributed by atoms with Crippen molar-refractivity contribution in [3.8, 4) is 0 Å². The minimum atomic E-state index is 0.580. The van der Waals surface area contributed by atoms with Crippen LogP contribution in [0.2, 0.25) is 5.02 Å². The van der Waals surface area contributed by atoms with Gasteiger partial charge in [-0.05, 0) is 50.9 Å². The third-order valence-electron chi connectivity index (χ3n) is 4.49. The van der Waals surface area contributed by atoms with Crippen LogP contribution in [0, 0.1) is 6.92 Å². The monoisotopic (exact) mass is 264 g/mol. The first-order valence-electron chi connectivity index (χ1n) is 6.92. The lowest BCUT2D eigenvalue weighted by molar-refractivity contribution is 0.203. The van der Waals surface area contributed by atoms with Crippen LogP contribution in [0.3, 0.4) is 0 Å². The van der Waals surface area contributed by atoms with Crippen LogP contribution in [0.25, 0.3) is 0 Å². The van der Waals surface area contributed by atoms with Crippen LogP contribution in [0.1, 0.15) is 25.3 Å². The van der Waals surface area contributed by atoms with Crippen LogP contribution < -0.4 is 4.90 Å². The van der Waals surface area contributed by atoms with Gasteiger partial charge in [0.2, 0.25) is 0 Å². The summed E-state index contributed by atoms with van der Waals surface area (Å²) in [5.41, 5.74) is 2.54. The van der Waals surface area contributed by atoms with Gasteiger partial charge in [-0.25, -0.2) is 0 Å². The van der Waals surface area contributed by atoms with E-state index in [4.69, 9.17) is 11.6 Å². The van der Waals surface area contributed by atoms with Crippen molar-refractivity contribution in [1.29, 1.82) is 0 Å². The molecular weight excluding hydrogens is 244 g/mol. The Balaban J connectivity index is 1.89. The van der Waals surface area contributed by atoms with Gasteiger partial charge in [-0.1, -0.05) is 17.7 Å². The molecule has 0 aromatic heterocycles. The normalized spacial score (nSPS) is 28.5. The van der Waals surface area contributed by atoms with Gasteiger partial charge in [0.25, 0.3) is 0 Å². The van der Waals surface area contributed by atoms with Crippen molar-refractivity contribution in [2.24, 2.45) is 0 Å². The topological polar surface area (TPSA) is 6.48 Å². The van der Waals surface area contributed by atoms with Gasteiger partial charge < -0.3 is 4.90 Å². The van der Waals surface area contributed by atoms with E-state index in [2.05, 4.69) is 35.8 Å². The lowest BCUT2D eigenvalue weighted by atomic mass is 10.0. The molecule has 0 N–H and O–H groups in total. The molecule has 0 saturated carbocycles. The van der Waals surface area contributed by atoms with Crippen molar-refractivity contribution < 1.29 is 0 Å². The summed E-state index contributed by atoms with van der Waals surface area (Å²) in [4.78, 5) is 5.20. The SMILES string of the molecule is Cc1c(Cl)cccc1N1CC2CCCN2CC1C. The molecule has 2 unspecified atom stereocenters. The molecule has 0 aliphatic carbocycles. The summed E-state index contributed by atoms with van der Waals surface area (Å²) in [7, 11) is 0. The van der Waals surface area contributed by atoms with Gasteiger partial charge in [-0.3, -0.25) is 4.90 Å². The predicted molar refractivity (Wildman–Crippen MR) is 77.6 cm³/mol. The molecule has 2 fully saturated rings. The Hall–Kier alpha value is -0.730. The first kappa shape index (κ1) is 12.3. The van der Waals surface area contributed by atoms with Crippen molar-refractivity contribution in [3.05, 3.63) is 28.8 Å². The van der Waals surface area contributed by atoms with E-state index in [1.807, 2.05) is 6.07 Å². The number of rotatable bonds is 1. The maximum atomic E-state index is 6.25. The third kappa shape index (κ3) is 2.02. The molecule has 2 nitrogen and oxygen atoms in total. The average molecular weight is 265 g/mol. The van der Waals surface area contributed by atoms with Gasteiger partial charge in [-0.15, -0.1) is 0 Å².